The quantitative estimate of drug-likeness (QED) is 0.332. The predicted octanol–water partition coefficient (Wildman–Crippen LogP) is 5.56. The van der Waals surface area contributed by atoms with Gasteiger partial charge in [-0.05, 0) is 29.8 Å². The molecule has 3 aromatic rings. The van der Waals surface area contributed by atoms with E-state index >= 15 is 0 Å². The summed E-state index contributed by atoms with van der Waals surface area (Å²) < 4.78 is 6.10. The van der Waals surface area contributed by atoms with Gasteiger partial charge in [0.05, 0.1) is 0 Å². The third-order valence-corrected chi connectivity index (χ3v) is 3.78. The summed E-state index contributed by atoms with van der Waals surface area (Å²) in [5.41, 5.74) is 6.54. The Bertz CT molecular complexity index is 831. The fourth-order valence-corrected chi connectivity index (χ4v) is 2.39. The average molecular weight is 436 g/mol. The van der Waals surface area contributed by atoms with Gasteiger partial charge in [-0.3, -0.25) is 0 Å². The molecule has 0 bridgehead atoms. The van der Waals surface area contributed by atoms with Crippen LogP contribution in [0.25, 0.3) is 10.8 Å². The summed E-state index contributed by atoms with van der Waals surface area (Å²) in [7, 11) is 0. The average Bonchev–Trinajstić information content (AvgIpc) is 2.57. The minimum absolute atomic E-state index is 0. The van der Waals surface area contributed by atoms with Crippen LogP contribution in [-0.4, -0.2) is 11.4 Å². The van der Waals surface area contributed by atoms with Gasteiger partial charge in [0.25, 0.3) is 0 Å². The molecule has 0 spiro atoms. The number of hydrogen-bond donors (Lipinski definition) is 1. The lowest BCUT2D eigenvalue weighted by Gasteiger charge is -2.11. The summed E-state index contributed by atoms with van der Waals surface area (Å²) >= 11 is 1.41. The molecule has 3 aromatic carbocycles. The molecule has 0 aromatic heterocycles. The number of nitrogens with zero attached hydrogens (tertiary/aromatic N) is 1. The minimum atomic E-state index is 0. The number of amidine groups is 1. The predicted molar refractivity (Wildman–Crippen MR) is 111 cm³/mol. The second-order valence-electron chi connectivity index (χ2n) is 4.70. The van der Waals surface area contributed by atoms with Crippen LogP contribution >= 0.6 is 35.7 Å². The molecule has 0 atom stereocenters. The van der Waals surface area contributed by atoms with Gasteiger partial charge < -0.3 is 10.5 Å². The van der Waals surface area contributed by atoms with Crippen molar-refractivity contribution in [2.24, 2.45) is 10.7 Å². The van der Waals surface area contributed by atoms with E-state index in [2.05, 4.69) is 17.1 Å². The van der Waals surface area contributed by atoms with Gasteiger partial charge in [0.1, 0.15) is 11.4 Å². The fourth-order valence-electron chi connectivity index (χ4n) is 2.20. The summed E-state index contributed by atoms with van der Waals surface area (Å²) in [5, 5.41) is 2.72. The molecule has 0 saturated carbocycles. The summed E-state index contributed by atoms with van der Waals surface area (Å²) in [5.74, 6) is 1.50. The van der Waals surface area contributed by atoms with Gasteiger partial charge in [-0.15, -0.1) is 24.0 Å². The highest BCUT2D eigenvalue weighted by Gasteiger charge is 2.07. The zero-order valence-electron chi connectivity index (χ0n) is 12.6. The first kappa shape index (κ1) is 17.6. The molecule has 0 saturated heterocycles. The first-order valence-corrected chi connectivity index (χ1v) is 8.13. The summed E-state index contributed by atoms with van der Waals surface area (Å²) in [4.78, 5) is 4.39. The number of aliphatic imine (C=N–C) groups is 1. The Hall–Kier alpha value is -1.73. The minimum Gasteiger partial charge on any atom is -0.454 e. The molecule has 3 rings (SSSR count). The highest BCUT2D eigenvalue weighted by Crippen LogP contribution is 2.35. The Kier molecular flexibility index (Phi) is 6.29. The maximum atomic E-state index is 6.10. The molecule has 0 heterocycles. The van der Waals surface area contributed by atoms with Gasteiger partial charge in [-0.2, -0.15) is 0 Å². The van der Waals surface area contributed by atoms with Crippen molar-refractivity contribution in [2.45, 2.75) is 0 Å². The van der Waals surface area contributed by atoms with Crippen molar-refractivity contribution < 1.29 is 4.74 Å². The number of halogens is 1. The maximum Gasteiger partial charge on any atom is 0.159 e. The van der Waals surface area contributed by atoms with Crippen LogP contribution in [0.3, 0.4) is 0 Å². The van der Waals surface area contributed by atoms with Crippen molar-refractivity contribution in [1.29, 1.82) is 0 Å². The molecule has 0 amide bonds. The van der Waals surface area contributed by atoms with Gasteiger partial charge in [0.2, 0.25) is 0 Å². The topological polar surface area (TPSA) is 47.6 Å². The monoisotopic (exact) mass is 436 g/mol. The van der Waals surface area contributed by atoms with Gasteiger partial charge in [-0.1, -0.05) is 60.3 Å². The van der Waals surface area contributed by atoms with E-state index in [1.807, 2.05) is 60.9 Å². The Morgan fingerprint density at radius 3 is 2.39 bits per heavy atom. The van der Waals surface area contributed by atoms with Crippen LogP contribution in [0.5, 0.6) is 11.5 Å². The van der Waals surface area contributed by atoms with Gasteiger partial charge in [-0.25, -0.2) is 4.99 Å². The zero-order chi connectivity index (χ0) is 15.4. The molecule has 2 N–H and O–H groups in total. The van der Waals surface area contributed by atoms with Crippen molar-refractivity contribution in [3.63, 3.8) is 0 Å². The zero-order valence-corrected chi connectivity index (χ0v) is 15.7. The Morgan fingerprint density at radius 2 is 1.57 bits per heavy atom. The Morgan fingerprint density at radius 1 is 0.913 bits per heavy atom. The van der Waals surface area contributed by atoms with Crippen LogP contribution in [0.4, 0.5) is 5.69 Å². The van der Waals surface area contributed by atoms with E-state index in [1.54, 1.807) is 0 Å². The number of para-hydroxylation sites is 2. The van der Waals surface area contributed by atoms with Crippen molar-refractivity contribution >= 4 is 57.4 Å². The third kappa shape index (κ3) is 4.17. The lowest BCUT2D eigenvalue weighted by molar-refractivity contribution is 0.490. The second-order valence-corrected chi connectivity index (χ2v) is 5.53. The number of benzene rings is 3. The number of thioether (sulfide) groups is 1. The highest BCUT2D eigenvalue weighted by atomic mass is 127. The fraction of sp³-hybridized carbons (Fsp3) is 0.0556. The van der Waals surface area contributed by atoms with Crippen molar-refractivity contribution in [3.8, 4) is 11.5 Å². The summed E-state index contributed by atoms with van der Waals surface area (Å²) in [6.07, 6.45) is 1.90. The van der Waals surface area contributed by atoms with Crippen LogP contribution in [0, 0.1) is 0 Å². The maximum absolute atomic E-state index is 6.10. The number of fused-ring (bicyclic) bond motifs is 1. The van der Waals surface area contributed by atoms with E-state index < -0.39 is 0 Å². The highest BCUT2D eigenvalue weighted by molar-refractivity contribution is 14.0. The first-order valence-electron chi connectivity index (χ1n) is 6.91. The number of nitrogens with two attached hydrogens (primary N) is 1. The first-order chi connectivity index (χ1) is 10.8. The molecule has 0 aliphatic carbocycles. The van der Waals surface area contributed by atoms with Gasteiger partial charge >= 0.3 is 0 Å². The van der Waals surface area contributed by atoms with Crippen LogP contribution in [-0.2, 0) is 0 Å². The lowest BCUT2D eigenvalue weighted by atomic mass is 10.1. The summed E-state index contributed by atoms with van der Waals surface area (Å²) in [6.45, 7) is 0. The van der Waals surface area contributed by atoms with E-state index in [0.717, 1.165) is 22.2 Å². The van der Waals surface area contributed by atoms with E-state index in [0.29, 0.717) is 10.9 Å². The van der Waals surface area contributed by atoms with Crippen molar-refractivity contribution in [3.05, 3.63) is 66.7 Å². The molecule has 0 fully saturated rings. The van der Waals surface area contributed by atoms with E-state index in [4.69, 9.17) is 10.5 Å². The van der Waals surface area contributed by atoms with E-state index in [-0.39, 0.29) is 24.0 Å². The van der Waals surface area contributed by atoms with Crippen molar-refractivity contribution in [2.75, 3.05) is 6.26 Å². The molecule has 0 radical (unpaired) electrons. The third-order valence-electron chi connectivity index (χ3n) is 3.27. The molecule has 0 unspecified atom stereocenters. The largest absolute Gasteiger partial charge is 0.454 e. The Balaban J connectivity index is 0.00000192. The van der Waals surface area contributed by atoms with Crippen LogP contribution in [0.1, 0.15) is 0 Å². The van der Waals surface area contributed by atoms with Crippen LogP contribution in [0.15, 0.2) is 71.7 Å². The number of ether oxygens (including phenoxy) is 1. The normalized spacial score (nSPS) is 11.1. The molecule has 118 valence electrons. The second kappa shape index (κ2) is 8.21. The molecule has 0 aliphatic rings. The standard InChI is InChI=1S/C18H16N2OS.HI/c1-22-18(19)20-15-10-4-5-11-17(15)21-16-12-6-8-13-7-2-3-9-14(13)16;/h2-12H,1H3,(H2,19,20);1H. The molecule has 0 aliphatic heterocycles. The summed E-state index contributed by atoms with van der Waals surface area (Å²) in [6, 6.07) is 21.8. The molecule has 3 nitrogen and oxygen atoms in total. The Labute approximate surface area is 157 Å². The van der Waals surface area contributed by atoms with Crippen LogP contribution in [0.2, 0.25) is 0 Å². The van der Waals surface area contributed by atoms with E-state index in [1.165, 1.54) is 11.8 Å². The van der Waals surface area contributed by atoms with Crippen LogP contribution < -0.4 is 10.5 Å². The smallest absolute Gasteiger partial charge is 0.159 e. The molecular weight excluding hydrogens is 419 g/mol. The number of hydrogen-bond acceptors (Lipinski definition) is 3. The lowest BCUT2D eigenvalue weighted by Crippen LogP contribution is -2.04. The van der Waals surface area contributed by atoms with E-state index in [9.17, 15) is 0 Å². The van der Waals surface area contributed by atoms with Crippen molar-refractivity contribution in [1.82, 2.24) is 0 Å². The molecule has 23 heavy (non-hydrogen) atoms. The van der Waals surface area contributed by atoms with Gasteiger partial charge in [0, 0.05) is 5.39 Å². The van der Waals surface area contributed by atoms with Gasteiger partial charge in [0.15, 0.2) is 10.9 Å². The molecule has 5 heteroatoms. The number of rotatable bonds is 3. The SMILES string of the molecule is CSC(N)=Nc1ccccc1Oc1cccc2ccccc12.I. The molecular formula is C18H17IN2OS.